The molecule has 4 heteroatoms. The third-order valence-corrected chi connectivity index (χ3v) is 2.19. The van der Waals surface area contributed by atoms with Crippen LogP contribution in [0.5, 0.6) is 0 Å². The zero-order valence-corrected chi connectivity index (χ0v) is 7.27. The van der Waals surface area contributed by atoms with E-state index in [4.69, 9.17) is 4.52 Å². The molecule has 0 saturated carbocycles. The molecule has 0 aliphatic heterocycles. The van der Waals surface area contributed by atoms with Crippen molar-refractivity contribution in [1.82, 2.24) is 15.1 Å². The zero-order chi connectivity index (χ0) is 9.38. The lowest BCUT2D eigenvalue weighted by Gasteiger charge is -1.90. The average molecular weight is 185 g/mol. The van der Waals surface area contributed by atoms with Gasteiger partial charge in [0.2, 0.25) is 12.2 Å². The summed E-state index contributed by atoms with van der Waals surface area (Å²) in [6.45, 7) is 0. The summed E-state index contributed by atoms with van der Waals surface area (Å²) in [7, 11) is 0. The van der Waals surface area contributed by atoms with Crippen LogP contribution in [0, 0.1) is 0 Å². The van der Waals surface area contributed by atoms with Gasteiger partial charge in [0.05, 0.1) is 0 Å². The second-order valence-electron chi connectivity index (χ2n) is 3.00. The van der Waals surface area contributed by atoms with Crippen molar-refractivity contribution in [3.8, 4) is 11.4 Å². The van der Waals surface area contributed by atoms with Gasteiger partial charge < -0.3 is 9.51 Å². The molecule has 0 atom stereocenters. The van der Waals surface area contributed by atoms with Gasteiger partial charge in [-0.05, 0) is 6.07 Å². The molecule has 0 saturated heterocycles. The van der Waals surface area contributed by atoms with Crippen LogP contribution in [0.25, 0.3) is 22.3 Å². The van der Waals surface area contributed by atoms with E-state index in [0.717, 1.165) is 16.5 Å². The summed E-state index contributed by atoms with van der Waals surface area (Å²) in [4.78, 5) is 7.17. The molecule has 0 radical (unpaired) electrons. The van der Waals surface area contributed by atoms with E-state index in [2.05, 4.69) is 15.1 Å². The van der Waals surface area contributed by atoms with Gasteiger partial charge in [-0.1, -0.05) is 23.4 Å². The van der Waals surface area contributed by atoms with E-state index in [-0.39, 0.29) is 0 Å². The lowest BCUT2D eigenvalue weighted by atomic mass is 10.2. The summed E-state index contributed by atoms with van der Waals surface area (Å²) in [5.41, 5.74) is 2.04. The lowest BCUT2D eigenvalue weighted by molar-refractivity contribution is 0.419. The van der Waals surface area contributed by atoms with Gasteiger partial charge in [0, 0.05) is 22.7 Å². The van der Waals surface area contributed by atoms with Gasteiger partial charge in [-0.3, -0.25) is 0 Å². The largest absolute Gasteiger partial charge is 0.360 e. The fourth-order valence-electron chi connectivity index (χ4n) is 1.55. The minimum Gasteiger partial charge on any atom is -0.360 e. The first-order valence-corrected chi connectivity index (χ1v) is 4.28. The molecule has 0 amide bonds. The number of hydrogen-bond donors (Lipinski definition) is 1. The number of benzene rings is 1. The highest BCUT2D eigenvalue weighted by molar-refractivity contribution is 5.93. The molecule has 1 N–H and O–H groups in total. The normalized spacial score (nSPS) is 10.9. The standard InChI is InChI=1S/C10H7N3O/c1-2-4-9-7(3-1)8(5-11-9)10-12-6-14-13-10/h1-6,11H. The Hall–Kier alpha value is -2.10. The van der Waals surface area contributed by atoms with Gasteiger partial charge in [-0.15, -0.1) is 0 Å². The van der Waals surface area contributed by atoms with Crippen LogP contribution in [-0.4, -0.2) is 15.1 Å². The Labute approximate surface area is 79.6 Å². The van der Waals surface area contributed by atoms with E-state index in [1.807, 2.05) is 30.5 Å². The molecule has 2 heterocycles. The Morgan fingerprint density at radius 2 is 2.14 bits per heavy atom. The van der Waals surface area contributed by atoms with Crippen LogP contribution in [0.2, 0.25) is 0 Å². The minimum absolute atomic E-state index is 0.613. The van der Waals surface area contributed by atoms with Gasteiger partial charge in [0.15, 0.2) is 0 Å². The van der Waals surface area contributed by atoms with Crippen molar-refractivity contribution in [2.24, 2.45) is 0 Å². The number of nitrogens with one attached hydrogen (secondary N) is 1. The van der Waals surface area contributed by atoms with Crippen molar-refractivity contribution in [2.45, 2.75) is 0 Å². The van der Waals surface area contributed by atoms with Gasteiger partial charge in [0.25, 0.3) is 0 Å². The Kier molecular flexibility index (Phi) is 1.41. The Balaban J connectivity index is 2.33. The number of rotatable bonds is 1. The molecular weight excluding hydrogens is 178 g/mol. The van der Waals surface area contributed by atoms with E-state index < -0.39 is 0 Å². The minimum atomic E-state index is 0.613. The molecule has 0 unspecified atom stereocenters. The summed E-state index contributed by atoms with van der Waals surface area (Å²) in [6.07, 6.45) is 3.21. The molecule has 2 aromatic heterocycles. The predicted octanol–water partition coefficient (Wildman–Crippen LogP) is 2.22. The maximum Gasteiger partial charge on any atom is 0.214 e. The maximum absolute atomic E-state index is 4.71. The first kappa shape index (κ1) is 7.32. The van der Waals surface area contributed by atoms with Gasteiger partial charge in [0.1, 0.15) is 0 Å². The molecule has 0 spiro atoms. The van der Waals surface area contributed by atoms with E-state index in [9.17, 15) is 0 Å². The van der Waals surface area contributed by atoms with Crippen LogP contribution in [0.1, 0.15) is 0 Å². The Bertz CT molecular complexity index is 554. The smallest absolute Gasteiger partial charge is 0.214 e. The number of H-pyrrole nitrogens is 1. The molecule has 68 valence electrons. The topological polar surface area (TPSA) is 54.7 Å². The summed E-state index contributed by atoms with van der Waals surface area (Å²) < 4.78 is 4.71. The number of hydrogen-bond acceptors (Lipinski definition) is 3. The number of aromatic amines is 1. The second kappa shape index (κ2) is 2.70. The van der Waals surface area contributed by atoms with Crippen molar-refractivity contribution in [2.75, 3.05) is 0 Å². The van der Waals surface area contributed by atoms with Crippen molar-refractivity contribution >= 4 is 10.9 Å². The third kappa shape index (κ3) is 0.939. The molecule has 3 aromatic rings. The molecule has 0 aliphatic rings. The van der Waals surface area contributed by atoms with Crippen molar-refractivity contribution in [3.63, 3.8) is 0 Å². The summed E-state index contributed by atoms with van der Waals surface area (Å²) in [5, 5.41) is 4.91. The fraction of sp³-hybridized carbons (Fsp3) is 0. The van der Waals surface area contributed by atoms with Gasteiger partial charge in [-0.25, -0.2) is 0 Å². The number of aromatic nitrogens is 3. The first-order chi connectivity index (χ1) is 6.95. The van der Waals surface area contributed by atoms with Crippen LogP contribution in [0.4, 0.5) is 0 Å². The van der Waals surface area contributed by atoms with Crippen molar-refractivity contribution < 1.29 is 4.52 Å². The molecule has 0 bridgehead atoms. The Morgan fingerprint density at radius 3 is 3.00 bits per heavy atom. The zero-order valence-electron chi connectivity index (χ0n) is 7.27. The van der Waals surface area contributed by atoms with Gasteiger partial charge in [-0.2, -0.15) is 4.98 Å². The lowest BCUT2D eigenvalue weighted by Crippen LogP contribution is -1.76. The summed E-state index contributed by atoms with van der Waals surface area (Å²) >= 11 is 0. The van der Waals surface area contributed by atoms with Crippen molar-refractivity contribution in [1.29, 1.82) is 0 Å². The number of nitrogens with zero attached hydrogens (tertiary/aromatic N) is 2. The molecule has 0 aliphatic carbocycles. The van der Waals surface area contributed by atoms with Crippen LogP contribution in [0.15, 0.2) is 41.4 Å². The molecule has 1 aromatic carbocycles. The van der Waals surface area contributed by atoms with Crippen LogP contribution in [0.3, 0.4) is 0 Å². The quantitative estimate of drug-likeness (QED) is 0.632. The highest BCUT2D eigenvalue weighted by Gasteiger charge is 2.08. The molecule has 4 nitrogen and oxygen atoms in total. The summed E-state index contributed by atoms with van der Waals surface area (Å²) in [5.74, 6) is 0.613. The van der Waals surface area contributed by atoms with E-state index in [1.54, 1.807) is 0 Å². The predicted molar refractivity (Wildman–Crippen MR) is 51.6 cm³/mol. The second-order valence-corrected chi connectivity index (χ2v) is 3.00. The molecule has 0 fully saturated rings. The fourth-order valence-corrected chi connectivity index (χ4v) is 1.55. The van der Waals surface area contributed by atoms with Crippen LogP contribution < -0.4 is 0 Å². The SMILES string of the molecule is c1ccc2c(-c3ncon3)c[nH]c2c1. The van der Waals surface area contributed by atoms with E-state index in [0.29, 0.717) is 5.82 Å². The maximum atomic E-state index is 4.71. The highest BCUT2D eigenvalue weighted by Crippen LogP contribution is 2.25. The molecule has 14 heavy (non-hydrogen) atoms. The number of fused-ring (bicyclic) bond motifs is 1. The Morgan fingerprint density at radius 1 is 1.21 bits per heavy atom. The molecule has 3 rings (SSSR count). The third-order valence-electron chi connectivity index (χ3n) is 2.19. The van der Waals surface area contributed by atoms with E-state index >= 15 is 0 Å². The molecular formula is C10H7N3O. The first-order valence-electron chi connectivity index (χ1n) is 4.28. The van der Waals surface area contributed by atoms with Gasteiger partial charge >= 0.3 is 0 Å². The van der Waals surface area contributed by atoms with Crippen LogP contribution in [-0.2, 0) is 0 Å². The number of para-hydroxylation sites is 1. The highest BCUT2D eigenvalue weighted by atomic mass is 16.5. The summed E-state index contributed by atoms with van der Waals surface area (Å²) in [6, 6.07) is 8.01. The monoisotopic (exact) mass is 185 g/mol. The van der Waals surface area contributed by atoms with Crippen LogP contribution >= 0.6 is 0 Å². The van der Waals surface area contributed by atoms with Crippen molar-refractivity contribution in [3.05, 3.63) is 36.9 Å². The van der Waals surface area contributed by atoms with E-state index in [1.165, 1.54) is 6.39 Å². The average Bonchev–Trinajstić information content (AvgIpc) is 2.85.